The molecule has 1 atom stereocenters. The normalized spacial score (nSPS) is 20.2. The van der Waals surface area contributed by atoms with Crippen molar-refractivity contribution in [2.45, 2.75) is 66.5 Å². The summed E-state index contributed by atoms with van der Waals surface area (Å²) in [5.41, 5.74) is -2.44. The van der Waals surface area contributed by atoms with Gasteiger partial charge in [0.2, 0.25) is 0 Å². The van der Waals surface area contributed by atoms with Crippen LogP contribution in [0.4, 0.5) is 4.79 Å². The van der Waals surface area contributed by atoms with Gasteiger partial charge in [0.25, 0.3) is 0 Å². The van der Waals surface area contributed by atoms with Crippen LogP contribution in [-0.2, 0) is 42.2 Å². The van der Waals surface area contributed by atoms with Gasteiger partial charge in [-0.25, -0.2) is 0 Å². The molecule has 1 fully saturated rings. The molecule has 0 unspecified atom stereocenters. The molecule has 1 aliphatic heterocycles. The average Bonchev–Trinajstić information content (AvgIpc) is 2.72. The van der Waals surface area contributed by atoms with Crippen LogP contribution in [0.3, 0.4) is 0 Å². The van der Waals surface area contributed by atoms with Gasteiger partial charge < -0.3 is 0 Å². The molecule has 0 spiro atoms. The second-order valence-corrected chi connectivity index (χ2v) is 12.3. The second-order valence-electron chi connectivity index (χ2n) is 10.4. The molecule has 0 bridgehead atoms. The van der Waals surface area contributed by atoms with Crippen LogP contribution >= 0.6 is 8.17 Å². The molecule has 13 nitrogen and oxygen atoms in total. The molecule has 0 aromatic carbocycles. The van der Waals surface area contributed by atoms with Crippen molar-refractivity contribution in [3.8, 4) is 0 Å². The Morgan fingerprint density at radius 3 is 2.31 bits per heavy atom. The molecule has 35 heavy (non-hydrogen) atoms. The van der Waals surface area contributed by atoms with Crippen molar-refractivity contribution < 1.29 is 51.9 Å². The first-order valence-corrected chi connectivity index (χ1v) is 12.7. The van der Waals surface area contributed by atoms with Crippen LogP contribution in [0.25, 0.3) is 0 Å². The van der Waals surface area contributed by atoms with Crippen LogP contribution in [0.5, 0.6) is 0 Å². The molecule has 1 rings (SSSR count). The molecule has 0 saturated carbocycles. The van der Waals surface area contributed by atoms with Crippen molar-refractivity contribution in [2.24, 2.45) is 10.8 Å². The number of esters is 2. The van der Waals surface area contributed by atoms with E-state index in [-0.39, 0.29) is 26.2 Å². The minimum absolute atomic E-state index is 0.0211. The van der Waals surface area contributed by atoms with E-state index in [1.165, 1.54) is 7.11 Å². The van der Waals surface area contributed by atoms with Gasteiger partial charge in [0, 0.05) is 0 Å². The zero-order valence-electron chi connectivity index (χ0n) is 21.6. The van der Waals surface area contributed by atoms with Crippen LogP contribution in [0.15, 0.2) is 0 Å². The van der Waals surface area contributed by atoms with Crippen molar-refractivity contribution >= 4 is 32.1 Å². The Morgan fingerprint density at radius 1 is 1.11 bits per heavy atom. The molecule has 0 aromatic rings. The van der Waals surface area contributed by atoms with E-state index in [1.807, 2.05) is 0 Å². The Labute approximate surface area is 206 Å². The molecule has 1 heterocycles. The summed E-state index contributed by atoms with van der Waals surface area (Å²) in [5, 5.41) is 5.07. The van der Waals surface area contributed by atoms with Crippen LogP contribution in [-0.4, -0.2) is 74.1 Å². The Bertz CT molecular complexity index is 782. The molecular formula is C21H39N2O11P. The molecule has 204 valence electrons. The number of rotatable bonds is 10. The molecule has 1 saturated heterocycles. The fourth-order valence-electron chi connectivity index (χ4n) is 2.63. The molecule has 1 aliphatic rings. The summed E-state index contributed by atoms with van der Waals surface area (Å²) in [4.78, 5) is 58.4. The summed E-state index contributed by atoms with van der Waals surface area (Å²) in [6.07, 6.45) is -2.07. The summed E-state index contributed by atoms with van der Waals surface area (Å²) in [5.74, 6) is -1.48. The molecule has 3 N–H and O–H groups in total. The number of nitrogens with one attached hydrogen (secondary N) is 2. The standard InChI is InChI=1S/C21H39N2O11P/c1-19(2,3)17(26)30-12-21(6,7)23-18(27)31-13-33-35(28)32-11-20(4,5)15(34-35)16(25)22-10-9-14(24)29-8/h15,28,35H,9-13H2,1-8H3,(H,22,25)(H,23,27)/t15-/m0/s1. The Kier molecular flexibility index (Phi) is 10.9. The zero-order chi connectivity index (χ0) is 27.1. The third-order valence-corrected chi connectivity index (χ3v) is 6.27. The van der Waals surface area contributed by atoms with Gasteiger partial charge in [-0.3, -0.25) is 0 Å². The SMILES string of the molecule is COC(=O)CCNC(=O)[C@@H]1O[PH](O)(OCOC(=O)NC(C)(C)COC(=O)C(C)(C)C)OCC1(C)C. The van der Waals surface area contributed by atoms with E-state index < -0.39 is 61.4 Å². The van der Waals surface area contributed by atoms with E-state index in [9.17, 15) is 24.1 Å². The van der Waals surface area contributed by atoms with Crippen molar-refractivity contribution in [1.29, 1.82) is 0 Å². The van der Waals surface area contributed by atoms with Crippen LogP contribution < -0.4 is 10.6 Å². The zero-order valence-corrected chi connectivity index (χ0v) is 22.6. The molecule has 14 heteroatoms. The summed E-state index contributed by atoms with van der Waals surface area (Å²) < 4.78 is 30.6. The quantitative estimate of drug-likeness (QED) is 0.164. The number of alkyl carbamates (subject to hydrolysis) is 1. The van der Waals surface area contributed by atoms with E-state index >= 15 is 0 Å². The fraction of sp³-hybridized carbons (Fsp3) is 0.810. The third kappa shape index (κ3) is 10.6. The van der Waals surface area contributed by atoms with Crippen molar-refractivity contribution in [1.82, 2.24) is 10.6 Å². The Hall–Kier alpha value is -2.05. The second kappa shape index (κ2) is 12.3. The van der Waals surface area contributed by atoms with Gasteiger partial charge in [0.05, 0.1) is 0 Å². The fourth-order valence-corrected chi connectivity index (χ4v) is 4.34. The molecule has 0 aromatic heterocycles. The van der Waals surface area contributed by atoms with Crippen molar-refractivity contribution in [3.63, 3.8) is 0 Å². The van der Waals surface area contributed by atoms with E-state index in [0.29, 0.717) is 0 Å². The number of ether oxygens (including phenoxy) is 3. The maximum atomic E-state index is 12.6. The predicted molar refractivity (Wildman–Crippen MR) is 125 cm³/mol. The summed E-state index contributed by atoms with van der Waals surface area (Å²) >= 11 is 0. The summed E-state index contributed by atoms with van der Waals surface area (Å²) in [7, 11) is -3.08. The Balaban J connectivity index is 2.56. The van der Waals surface area contributed by atoms with Crippen LogP contribution in [0.2, 0.25) is 0 Å². The van der Waals surface area contributed by atoms with Crippen molar-refractivity contribution in [3.05, 3.63) is 0 Å². The minimum atomic E-state index is -4.32. The number of hydrogen-bond acceptors (Lipinski definition) is 11. The number of amides is 2. The summed E-state index contributed by atoms with van der Waals surface area (Å²) in [6.45, 7) is 10.9. The summed E-state index contributed by atoms with van der Waals surface area (Å²) in [6, 6.07) is 0. The third-order valence-electron chi connectivity index (χ3n) is 4.75. The van der Waals surface area contributed by atoms with E-state index in [4.69, 9.17) is 23.0 Å². The van der Waals surface area contributed by atoms with E-state index in [0.717, 1.165) is 0 Å². The number of carbonyl (C=O) groups excluding carboxylic acids is 4. The molecule has 2 amide bonds. The first-order valence-electron chi connectivity index (χ1n) is 11.1. The maximum absolute atomic E-state index is 12.6. The Morgan fingerprint density at radius 2 is 1.74 bits per heavy atom. The topological polar surface area (TPSA) is 168 Å². The number of methoxy groups -OCH3 is 1. The van der Waals surface area contributed by atoms with Crippen LogP contribution in [0, 0.1) is 10.8 Å². The van der Waals surface area contributed by atoms with Gasteiger partial charge in [0.1, 0.15) is 0 Å². The van der Waals surface area contributed by atoms with Gasteiger partial charge in [-0.2, -0.15) is 0 Å². The number of hydrogen-bond donors (Lipinski definition) is 3. The van der Waals surface area contributed by atoms with Crippen molar-refractivity contribution in [2.75, 3.05) is 33.7 Å². The van der Waals surface area contributed by atoms with Gasteiger partial charge in [-0.1, -0.05) is 0 Å². The molecule has 0 aliphatic carbocycles. The first-order chi connectivity index (χ1) is 15.9. The number of carbonyl (C=O) groups is 4. The van der Waals surface area contributed by atoms with Gasteiger partial charge >= 0.3 is 206 Å². The first kappa shape index (κ1) is 31.0. The van der Waals surface area contributed by atoms with Gasteiger partial charge in [0.15, 0.2) is 0 Å². The van der Waals surface area contributed by atoms with Gasteiger partial charge in [-0.05, 0) is 0 Å². The predicted octanol–water partition coefficient (Wildman–Crippen LogP) is 1.58. The molecular weight excluding hydrogens is 487 g/mol. The van der Waals surface area contributed by atoms with E-state index in [1.54, 1.807) is 48.5 Å². The van der Waals surface area contributed by atoms with Crippen LogP contribution in [0.1, 0.15) is 54.9 Å². The molecule has 0 radical (unpaired) electrons. The van der Waals surface area contributed by atoms with E-state index in [2.05, 4.69) is 15.4 Å². The monoisotopic (exact) mass is 526 g/mol. The average molecular weight is 527 g/mol. The van der Waals surface area contributed by atoms with Gasteiger partial charge in [-0.15, -0.1) is 0 Å².